The van der Waals surface area contributed by atoms with Crippen LogP contribution in [-0.2, 0) is 11.3 Å². The molecule has 0 aliphatic rings. The molecule has 1 amide bonds. The zero-order valence-corrected chi connectivity index (χ0v) is 16.6. The molecule has 0 aliphatic carbocycles. The molecule has 0 saturated carbocycles. The molecule has 0 aromatic heterocycles. The lowest BCUT2D eigenvalue weighted by Crippen LogP contribution is -3.12. The summed E-state index contributed by atoms with van der Waals surface area (Å²) in [5.74, 6) is 0.0518. The molecule has 0 spiro atoms. The fourth-order valence-electron chi connectivity index (χ4n) is 2.49. The molecule has 9 heteroatoms. The second-order valence-electron chi connectivity index (χ2n) is 6.11. The van der Waals surface area contributed by atoms with Crippen molar-refractivity contribution in [2.45, 2.75) is 19.5 Å². The standard InChI is InChI=1S/C18H19Cl2N3O4/c1-11(22(2)10-12-4-5-13(19)8-15(12)20)18(24)21-16-9-14(23(25)26)6-7-17(16)27-3/h4-9,11H,10H2,1-3H3,(H,21,24)/p+1/t11-/m1/s1. The van der Waals surface area contributed by atoms with Crippen molar-refractivity contribution in [2.24, 2.45) is 0 Å². The Labute approximate surface area is 167 Å². The van der Waals surface area contributed by atoms with Gasteiger partial charge in [0.15, 0.2) is 6.04 Å². The van der Waals surface area contributed by atoms with E-state index in [0.29, 0.717) is 22.3 Å². The number of carbonyl (C=O) groups excluding carboxylic acids is 1. The monoisotopic (exact) mass is 412 g/mol. The molecule has 2 aromatic rings. The van der Waals surface area contributed by atoms with E-state index >= 15 is 0 Å². The number of ether oxygens (including phenoxy) is 1. The maximum Gasteiger partial charge on any atom is 0.282 e. The van der Waals surface area contributed by atoms with Gasteiger partial charge in [-0.15, -0.1) is 0 Å². The van der Waals surface area contributed by atoms with Crippen LogP contribution in [0.3, 0.4) is 0 Å². The molecule has 0 aliphatic heterocycles. The first-order chi connectivity index (χ1) is 12.7. The van der Waals surface area contributed by atoms with Gasteiger partial charge in [0.2, 0.25) is 0 Å². The van der Waals surface area contributed by atoms with Crippen LogP contribution in [0.25, 0.3) is 0 Å². The molecule has 1 unspecified atom stereocenters. The Hall–Kier alpha value is -2.35. The van der Waals surface area contributed by atoms with Crippen LogP contribution in [-0.4, -0.2) is 31.0 Å². The van der Waals surface area contributed by atoms with E-state index in [2.05, 4.69) is 5.32 Å². The molecule has 7 nitrogen and oxygen atoms in total. The highest BCUT2D eigenvalue weighted by Crippen LogP contribution is 2.28. The van der Waals surface area contributed by atoms with Gasteiger partial charge in [-0.05, 0) is 25.1 Å². The summed E-state index contributed by atoms with van der Waals surface area (Å²) >= 11 is 12.1. The number of methoxy groups -OCH3 is 1. The number of anilines is 1. The molecule has 2 rings (SSSR count). The van der Waals surface area contributed by atoms with E-state index in [0.717, 1.165) is 10.5 Å². The number of halogens is 2. The van der Waals surface area contributed by atoms with E-state index in [9.17, 15) is 14.9 Å². The van der Waals surface area contributed by atoms with Gasteiger partial charge in [0.05, 0.1) is 29.8 Å². The van der Waals surface area contributed by atoms with E-state index in [1.165, 1.54) is 25.3 Å². The first-order valence-corrected chi connectivity index (χ1v) is 8.88. The van der Waals surface area contributed by atoms with Crippen molar-refractivity contribution in [3.8, 4) is 5.75 Å². The summed E-state index contributed by atoms with van der Waals surface area (Å²) in [4.78, 5) is 23.9. The lowest BCUT2D eigenvalue weighted by atomic mass is 10.1. The molecule has 0 radical (unpaired) electrons. The Kier molecular flexibility index (Phi) is 7.01. The lowest BCUT2D eigenvalue weighted by molar-refractivity contribution is -0.907. The van der Waals surface area contributed by atoms with Crippen molar-refractivity contribution in [1.29, 1.82) is 0 Å². The van der Waals surface area contributed by atoms with E-state index in [4.69, 9.17) is 27.9 Å². The van der Waals surface area contributed by atoms with Crippen LogP contribution in [0.4, 0.5) is 11.4 Å². The molecule has 2 aromatic carbocycles. The highest BCUT2D eigenvalue weighted by molar-refractivity contribution is 6.35. The number of hydrogen-bond donors (Lipinski definition) is 2. The quantitative estimate of drug-likeness (QED) is 0.540. The summed E-state index contributed by atoms with van der Waals surface area (Å²) < 4.78 is 5.17. The molecule has 27 heavy (non-hydrogen) atoms. The third-order valence-electron chi connectivity index (χ3n) is 4.27. The van der Waals surface area contributed by atoms with Gasteiger partial charge in [-0.2, -0.15) is 0 Å². The van der Waals surface area contributed by atoms with Gasteiger partial charge in [0.1, 0.15) is 12.3 Å². The van der Waals surface area contributed by atoms with E-state index in [-0.39, 0.29) is 17.3 Å². The Morgan fingerprint density at radius 1 is 1.30 bits per heavy atom. The Balaban J connectivity index is 2.12. The van der Waals surface area contributed by atoms with E-state index in [1.54, 1.807) is 19.1 Å². The Bertz CT molecular complexity index is 860. The van der Waals surface area contributed by atoms with Crippen molar-refractivity contribution in [3.05, 3.63) is 62.1 Å². The summed E-state index contributed by atoms with van der Waals surface area (Å²) in [5, 5.41) is 14.8. The van der Waals surface area contributed by atoms with Crippen LogP contribution in [0.1, 0.15) is 12.5 Å². The number of carbonyl (C=O) groups is 1. The molecule has 0 heterocycles. The minimum Gasteiger partial charge on any atom is -0.495 e. The SMILES string of the molecule is COc1ccc([N+](=O)[O-])cc1NC(=O)[C@@H](C)[NH+](C)Cc1ccc(Cl)cc1Cl. The third kappa shape index (κ3) is 5.32. The molecule has 0 saturated heterocycles. The second kappa shape index (κ2) is 9.03. The fraction of sp³-hybridized carbons (Fsp3) is 0.278. The van der Waals surface area contributed by atoms with Gasteiger partial charge in [0, 0.05) is 22.7 Å². The van der Waals surface area contributed by atoms with Crippen LogP contribution in [0, 0.1) is 10.1 Å². The number of nitro groups is 1. The lowest BCUT2D eigenvalue weighted by Gasteiger charge is -2.22. The van der Waals surface area contributed by atoms with Gasteiger partial charge < -0.3 is 15.0 Å². The summed E-state index contributed by atoms with van der Waals surface area (Å²) in [6.07, 6.45) is 0. The minimum atomic E-state index is -0.529. The van der Waals surface area contributed by atoms with Gasteiger partial charge >= 0.3 is 0 Å². The smallest absolute Gasteiger partial charge is 0.282 e. The van der Waals surface area contributed by atoms with Crippen molar-refractivity contribution in [1.82, 2.24) is 0 Å². The number of benzene rings is 2. The topological polar surface area (TPSA) is 85.9 Å². The van der Waals surface area contributed by atoms with Crippen LogP contribution in [0.15, 0.2) is 36.4 Å². The summed E-state index contributed by atoms with van der Waals surface area (Å²) in [6.45, 7) is 2.27. The molecule has 2 N–H and O–H groups in total. The number of nitrogens with zero attached hydrogens (tertiary/aromatic N) is 1. The van der Waals surface area contributed by atoms with Crippen molar-refractivity contribution >= 4 is 40.5 Å². The molecular formula is C18H20Cl2N3O4+. The summed E-state index contributed by atoms with van der Waals surface area (Å²) in [7, 11) is 3.29. The minimum absolute atomic E-state index is 0.132. The maximum atomic E-state index is 12.6. The predicted octanol–water partition coefficient (Wildman–Crippen LogP) is 2.95. The zero-order valence-electron chi connectivity index (χ0n) is 15.1. The summed E-state index contributed by atoms with van der Waals surface area (Å²) in [6, 6.07) is 8.82. The number of quaternary nitrogens is 1. The number of amides is 1. The number of rotatable bonds is 7. The Morgan fingerprint density at radius 2 is 2.00 bits per heavy atom. The second-order valence-corrected chi connectivity index (χ2v) is 6.96. The molecule has 2 atom stereocenters. The average molecular weight is 413 g/mol. The van der Waals surface area contributed by atoms with E-state index < -0.39 is 11.0 Å². The normalized spacial score (nSPS) is 12.9. The van der Waals surface area contributed by atoms with Crippen molar-refractivity contribution in [3.63, 3.8) is 0 Å². The van der Waals surface area contributed by atoms with Crippen molar-refractivity contribution in [2.75, 3.05) is 19.5 Å². The van der Waals surface area contributed by atoms with E-state index in [1.807, 2.05) is 13.1 Å². The van der Waals surface area contributed by atoms with Crippen LogP contribution in [0.5, 0.6) is 5.75 Å². The predicted molar refractivity (Wildman–Crippen MR) is 105 cm³/mol. The number of non-ortho nitro benzene ring substituents is 1. The number of nitrogens with one attached hydrogen (secondary N) is 2. The first kappa shape index (κ1) is 21.0. The van der Waals surface area contributed by atoms with Crippen LogP contribution < -0.4 is 15.0 Å². The van der Waals surface area contributed by atoms with Gasteiger partial charge in [-0.3, -0.25) is 14.9 Å². The fourth-order valence-corrected chi connectivity index (χ4v) is 2.97. The van der Waals surface area contributed by atoms with Crippen LogP contribution >= 0.6 is 23.2 Å². The highest BCUT2D eigenvalue weighted by Gasteiger charge is 2.24. The molecular weight excluding hydrogens is 393 g/mol. The van der Waals surface area contributed by atoms with Crippen LogP contribution in [0.2, 0.25) is 10.0 Å². The van der Waals surface area contributed by atoms with Gasteiger partial charge in [-0.25, -0.2) is 0 Å². The third-order valence-corrected chi connectivity index (χ3v) is 4.86. The van der Waals surface area contributed by atoms with Gasteiger partial charge in [-0.1, -0.05) is 29.3 Å². The largest absolute Gasteiger partial charge is 0.495 e. The average Bonchev–Trinajstić information content (AvgIpc) is 2.63. The number of likely N-dealkylation sites (N-methyl/N-ethyl adjacent to an activating group) is 1. The number of nitro benzene ring substituents is 1. The summed E-state index contributed by atoms with van der Waals surface area (Å²) in [5.41, 5.74) is 0.986. The molecule has 0 fully saturated rings. The highest BCUT2D eigenvalue weighted by atomic mass is 35.5. The first-order valence-electron chi connectivity index (χ1n) is 8.12. The van der Waals surface area contributed by atoms with Crippen molar-refractivity contribution < 1.29 is 19.4 Å². The Morgan fingerprint density at radius 3 is 2.59 bits per heavy atom. The zero-order chi connectivity index (χ0) is 20.1. The molecule has 0 bridgehead atoms. The molecule has 144 valence electrons. The number of hydrogen-bond acceptors (Lipinski definition) is 4. The maximum absolute atomic E-state index is 12.6. The van der Waals surface area contributed by atoms with Gasteiger partial charge in [0.25, 0.3) is 11.6 Å².